The number of alkyl halides is 1. The van der Waals surface area contributed by atoms with Gasteiger partial charge in [0.1, 0.15) is 6.61 Å². The van der Waals surface area contributed by atoms with Crippen LogP contribution in [0.15, 0.2) is 10.8 Å². The van der Waals surface area contributed by atoms with Crippen molar-refractivity contribution in [3.05, 3.63) is 17.8 Å². The maximum Gasteiger partial charge on any atom is 0.210 e. The summed E-state index contributed by atoms with van der Waals surface area (Å²) in [7, 11) is 0. The number of hydrogen-bond donors (Lipinski definition) is 0. The number of ketones is 1. The van der Waals surface area contributed by atoms with E-state index in [1.54, 1.807) is 6.92 Å². The van der Waals surface area contributed by atoms with Gasteiger partial charge in [-0.15, -0.1) is 0 Å². The van der Waals surface area contributed by atoms with E-state index in [2.05, 4.69) is 4.98 Å². The lowest BCUT2D eigenvalue weighted by Gasteiger charge is -2.03. The van der Waals surface area contributed by atoms with Crippen molar-refractivity contribution in [1.82, 2.24) is 4.98 Å². The van der Waals surface area contributed by atoms with Gasteiger partial charge in [0.05, 0.1) is 0 Å². The Kier molecular flexibility index (Phi) is 2.56. The van der Waals surface area contributed by atoms with Gasteiger partial charge in [0.15, 0.2) is 23.5 Å². The van der Waals surface area contributed by atoms with E-state index in [4.69, 9.17) is 9.15 Å². The molecule has 1 saturated carbocycles. The molecular formula is C10H12FNO3. The fourth-order valence-corrected chi connectivity index (χ4v) is 1.36. The Morgan fingerprint density at radius 3 is 3.07 bits per heavy atom. The second-order valence-electron chi connectivity index (χ2n) is 3.56. The Bertz CT molecular complexity index is 370. The number of carbonyl (C=O) groups excluding carboxylic acids is 1. The summed E-state index contributed by atoms with van der Waals surface area (Å²) in [5, 5.41) is 0. The molecule has 1 aliphatic carbocycles. The highest BCUT2D eigenvalue weighted by molar-refractivity contribution is 5.96. The van der Waals surface area contributed by atoms with E-state index in [0.717, 1.165) is 6.39 Å². The van der Waals surface area contributed by atoms with Crippen LogP contribution in [0, 0.1) is 0 Å². The number of nitrogens with zero attached hydrogens (tertiary/aromatic N) is 1. The Labute approximate surface area is 86.4 Å². The Balaban J connectivity index is 2.14. The number of halogens is 1. The SMILES string of the molecule is CCOCC(=O)c1ncoc1C1(F)CC1. The van der Waals surface area contributed by atoms with Gasteiger partial charge >= 0.3 is 0 Å². The molecule has 1 aromatic rings. The number of oxazole rings is 1. The van der Waals surface area contributed by atoms with Crippen LogP contribution in [0.3, 0.4) is 0 Å². The van der Waals surface area contributed by atoms with Crippen molar-refractivity contribution in [3.63, 3.8) is 0 Å². The lowest BCUT2D eigenvalue weighted by molar-refractivity contribution is 0.0773. The number of rotatable bonds is 5. The van der Waals surface area contributed by atoms with Crippen molar-refractivity contribution < 1.29 is 18.3 Å². The molecule has 2 rings (SSSR count). The van der Waals surface area contributed by atoms with Crippen LogP contribution in [0.5, 0.6) is 0 Å². The van der Waals surface area contributed by atoms with Gasteiger partial charge in [0.2, 0.25) is 5.78 Å². The topological polar surface area (TPSA) is 52.3 Å². The van der Waals surface area contributed by atoms with Gasteiger partial charge in [-0.1, -0.05) is 0 Å². The van der Waals surface area contributed by atoms with E-state index >= 15 is 0 Å². The molecule has 1 aromatic heterocycles. The van der Waals surface area contributed by atoms with Crippen LogP contribution < -0.4 is 0 Å². The lowest BCUT2D eigenvalue weighted by atomic mass is 10.1. The molecular weight excluding hydrogens is 201 g/mol. The summed E-state index contributed by atoms with van der Waals surface area (Å²) in [6.45, 7) is 2.15. The molecule has 0 amide bonds. The third kappa shape index (κ3) is 1.92. The summed E-state index contributed by atoms with van der Waals surface area (Å²) in [6, 6.07) is 0. The van der Waals surface area contributed by atoms with Crippen molar-refractivity contribution in [2.45, 2.75) is 25.4 Å². The predicted octanol–water partition coefficient (Wildman–Crippen LogP) is 1.85. The molecule has 5 heteroatoms. The summed E-state index contributed by atoms with van der Waals surface area (Å²) < 4.78 is 23.6. The number of aromatic nitrogens is 1. The molecule has 15 heavy (non-hydrogen) atoms. The highest BCUT2D eigenvalue weighted by atomic mass is 19.1. The van der Waals surface area contributed by atoms with E-state index in [-0.39, 0.29) is 23.8 Å². The average Bonchev–Trinajstić information content (AvgIpc) is 2.81. The molecule has 0 spiro atoms. The summed E-state index contributed by atoms with van der Waals surface area (Å²) >= 11 is 0. The Morgan fingerprint density at radius 1 is 1.73 bits per heavy atom. The second kappa shape index (κ2) is 3.73. The largest absolute Gasteiger partial charge is 0.444 e. The van der Waals surface area contributed by atoms with Gasteiger partial charge in [-0.3, -0.25) is 4.79 Å². The molecule has 0 radical (unpaired) electrons. The third-order valence-corrected chi connectivity index (χ3v) is 2.36. The van der Waals surface area contributed by atoms with Crippen molar-refractivity contribution in [3.8, 4) is 0 Å². The first-order valence-electron chi connectivity index (χ1n) is 4.91. The van der Waals surface area contributed by atoms with E-state index in [0.29, 0.717) is 19.4 Å². The number of hydrogen-bond acceptors (Lipinski definition) is 4. The van der Waals surface area contributed by atoms with E-state index in [1.165, 1.54) is 0 Å². The first-order chi connectivity index (χ1) is 7.17. The van der Waals surface area contributed by atoms with E-state index in [1.807, 2.05) is 0 Å². The molecule has 0 aliphatic heterocycles. The minimum atomic E-state index is -1.46. The van der Waals surface area contributed by atoms with Gasteiger partial charge in [-0.25, -0.2) is 9.37 Å². The molecule has 1 aliphatic rings. The predicted molar refractivity (Wildman–Crippen MR) is 49.3 cm³/mol. The van der Waals surface area contributed by atoms with Gasteiger partial charge in [-0.05, 0) is 19.8 Å². The normalized spacial score (nSPS) is 17.7. The van der Waals surface area contributed by atoms with Crippen molar-refractivity contribution >= 4 is 5.78 Å². The Hall–Kier alpha value is -1.23. The van der Waals surface area contributed by atoms with Gasteiger partial charge in [-0.2, -0.15) is 0 Å². The molecule has 0 saturated heterocycles. The van der Waals surface area contributed by atoms with Crippen molar-refractivity contribution in [1.29, 1.82) is 0 Å². The fourth-order valence-electron chi connectivity index (χ4n) is 1.36. The summed E-state index contributed by atoms with van der Waals surface area (Å²) in [6.07, 6.45) is 1.91. The second-order valence-corrected chi connectivity index (χ2v) is 3.56. The van der Waals surface area contributed by atoms with Crippen LogP contribution in [0.1, 0.15) is 36.0 Å². The minimum Gasteiger partial charge on any atom is -0.444 e. The standard InChI is InChI=1S/C10H12FNO3/c1-2-14-5-7(13)8-9(15-6-12-8)10(11)3-4-10/h6H,2-5H2,1H3. The summed E-state index contributed by atoms with van der Waals surface area (Å²) in [4.78, 5) is 15.3. The molecule has 0 unspecified atom stereocenters. The van der Waals surface area contributed by atoms with E-state index < -0.39 is 5.67 Å². The zero-order valence-corrected chi connectivity index (χ0v) is 8.46. The summed E-state index contributed by atoms with van der Waals surface area (Å²) in [5.41, 5.74) is -1.39. The number of Topliss-reactive ketones (excluding diaryl/α,β-unsaturated/α-hetero) is 1. The molecule has 0 aromatic carbocycles. The van der Waals surface area contributed by atoms with Crippen LogP contribution in [0.25, 0.3) is 0 Å². The molecule has 0 N–H and O–H groups in total. The van der Waals surface area contributed by atoms with Crippen LogP contribution in [0.4, 0.5) is 4.39 Å². The molecule has 82 valence electrons. The van der Waals surface area contributed by atoms with Crippen molar-refractivity contribution in [2.24, 2.45) is 0 Å². The molecule has 1 heterocycles. The minimum absolute atomic E-state index is 0.0622. The highest BCUT2D eigenvalue weighted by Crippen LogP contribution is 2.50. The average molecular weight is 213 g/mol. The quantitative estimate of drug-likeness (QED) is 0.700. The van der Waals surface area contributed by atoms with Crippen LogP contribution in [-0.2, 0) is 10.4 Å². The zero-order chi connectivity index (χ0) is 10.9. The number of ether oxygens (including phenoxy) is 1. The third-order valence-electron chi connectivity index (χ3n) is 2.36. The maximum atomic E-state index is 13.7. The van der Waals surface area contributed by atoms with Crippen LogP contribution >= 0.6 is 0 Å². The highest BCUT2D eigenvalue weighted by Gasteiger charge is 2.50. The Morgan fingerprint density at radius 2 is 2.47 bits per heavy atom. The smallest absolute Gasteiger partial charge is 0.210 e. The van der Waals surface area contributed by atoms with Crippen LogP contribution in [-0.4, -0.2) is 24.0 Å². The van der Waals surface area contributed by atoms with Crippen molar-refractivity contribution in [2.75, 3.05) is 13.2 Å². The first-order valence-corrected chi connectivity index (χ1v) is 4.91. The lowest BCUT2D eigenvalue weighted by Crippen LogP contribution is -2.13. The van der Waals surface area contributed by atoms with Gasteiger partial charge < -0.3 is 9.15 Å². The van der Waals surface area contributed by atoms with Gasteiger partial charge in [0.25, 0.3) is 0 Å². The fraction of sp³-hybridized carbons (Fsp3) is 0.600. The molecule has 0 atom stereocenters. The monoisotopic (exact) mass is 213 g/mol. The van der Waals surface area contributed by atoms with E-state index in [9.17, 15) is 9.18 Å². The zero-order valence-electron chi connectivity index (χ0n) is 8.46. The maximum absolute atomic E-state index is 13.7. The molecule has 4 nitrogen and oxygen atoms in total. The van der Waals surface area contributed by atoms with Gasteiger partial charge in [0, 0.05) is 6.61 Å². The summed E-state index contributed by atoms with van der Waals surface area (Å²) in [5.74, 6) is -0.267. The number of carbonyl (C=O) groups is 1. The molecule has 0 bridgehead atoms. The van der Waals surface area contributed by atoms with Crippen LogP contribution in [0.2, 0.25) is 0 Å². The molecule has 1 fully saturated rings. The first kappa shape index (κ1) is 10.3.